The predicted molar refractivity (Wildman–Crippen MR) is 305 cm³/mol. The molecule has 0 aromatic carbocycles. The highest BCUT2D eigenvalue weighted by Crippen LogP contribution is 2.18. The maximum Gasteiger partial charge on any atom is 0.249 e. The zero-order chi connectivity index (χ0) is 50.0. The van der Waals surface area contributed by atoms with Crippen LogP contribution in [0.25, 0.3) is 0 Å². The number of carbonyl (C=O) groups is 1. The molecule has 0 heterocycles. The molecule has 0 saturated carbocycles. The van der Waals surface area contributed by atoms with Crippen LogP contribution in [0.15, 0.2) is 36.5 Å². The van der Waals surface area contributed by atoms with Gasteiger partial charge < -0.3 is 20.6 Å². The molecule has 0 bridgehead atoms. The Morgan fingerprint density at radius 1 is 0.362 bits per heavy atom. The summed E-state index contributed by atoms with van der Waals surface area (Å²) in [4.78, 5) is 12.6. The van der Waals surface area contributed by atoms with E-state index in [1.165, 1.54) is 283 Å². The number of hydrogen-bond donors (Lipinski definition) is 4. The van der Waals surface area contributed by atoms with Crippen LogP contribution in [-0.2, 0) is 4.79 Å². The van der Waals surface area contributed by atoms with Gasteiger partial charge in [-0.05, 0) is 51.4 Å². The van der Waals surface area contributed by atoms with Gasteiger partial charge in [0.1, 0.15) is 6.10 Å². The summed E-state index contributed by atoms with van der Waals surface area (Å²) < 4.78 is 0. The van der Waals surface area contributed by atoms with Gasteiger partial charge in [0.15, 0.2) is 0 Å². The molecule has 0 aromatic heterocycles. The molecule has 0 aliphatic rings. The van der Waals surface area contributed by atoms with Crippen molar-refractivity contribution < 1.29 is 20.1 Å². The predicted octanol–water partition coefficient (Wildman–Crippen LogP) is 19.8. The van der Waals surface area contributed by atoms with Crippen molar-refractivity contribution >= 4 is 5.91 Å². The fraction of sp³-hybridized carbons (Fsp3) is 0.891. The van der Waals surface area contributed by atoms with E-state index in [-0.39, 0.29) is 6.61 Å². The van der Waals surface area contributed by atoms with Gasteiger partial charge in [0.25, 0.3) is 0 Å². The van der Waals surface area contributed by atoms with E-state index in [2.05, 4.69) is 43.5 Å². The van der Waals surface area contributed by atoms with E-state index >= 15 is 0 Å². The van der Waals surface area contributed by atoms with Gasteiger partial charge in [-0.1, -0.05) is 326 Å². The maximum absolute atomic E-state index is 12.6. The Labute approximate surface area is 432 Å². The minimum atomic E-state index is -1.10. The van der Waals surface area contributed by atoms with E-state index in [0.717, 1.165) is 38.5 Å². The fourth-order valence-electron chi connectivity index (χ4n) is 9.87. The second kappa shape index (κ2) is 59.1. The zero-order valence-electron chi connectivity index (χ0n) is 46.7. The number of carbonyl (C=O) groups excluding carboxylic acids is 1. The van der Waals surface area contributed by atoms with Crippen LogP contribution in [0.3, 0.4) is 0 Å². The van der Waals surface area contributed by atoms with Crippen molar-refractivity contribution in [3.05, 3.63) is 36.5 Å². The Hall–Kier alpha value is -1.43. The highest BCUT2D eigenvalue weighted by molar-refractivity contribution is 5.80. The Morgan fingerprint density at radius 3 is 0.913 bits per heavy atom. The van der Waals surface area contributed by atoms with E-state index < -0.39 is 24.2 Å². The molecule has 0 fully saturated rings. The van der Waals surface area contributed by atoms with Crippen molar-refractivity contribution in [3.8, 4) is 0 Å². The molecule has 0 rings (SSSR count). The van der Waals surface area contributed by atoms with Gasteiger partial charge in [0.05, 0.1) is 18.8 Å². The van der Waals surface area contributed by atoms with Crippen LogP contribution >= 0.6 is 0 Å². The summed E-state index contributed by atoms with van der Waals surface area (Å²) in [6.07, 6.45) is 78.2. The molecule has 3 atom stereocenters. The summed E-state index contributed by atoms with van der Waals surface area (Å²) in [5, 5.41) is 33.4. The Morgan fingerprint density at radius 2 is 0.623 bits per heavy atom. The second-order valence-corrected chi connectivity index (χ2v) is 21.6. The lowest BCUT2D eigenvalue weighted by molar-refractivity contribution is -0.131. The normalized spacial score (nSPS) is 13.4. The third-order valence-corrected chi connectivity index (χ3v) is 14.7. The SMILES string of the molecule is CCCCCCCCCCCCC/C=C\C/C=C\CCCCCCCCCCCCCCCCCCC(O)C(=O)NC(CO)C(O)/C=C/CCCCCCCCCCCCCCCCCCCCC. The Bertz CT molecular complexity index is 1070. The second-order valence-electron chi connectivity index (χ2n) is 21.6. The van der Waals surface area contributed by atoms with Crippen molar-refractivity contribution in [1.29, 1.82) is 0 Å². The molecular formula is C64H123NO4. The summed E-state index contributed by atoms with van der Waals surface area (Å²) in [5.74, 6) is -0.498. The Balaban J connectivity index is 3.52. The van der Waals surface area contributed by atoms with Crippen LogP contribution in [0, 0.1) is 0 Å². The molecule has 0 aliphatic carbocycles. The van der Waals surface area contributed by atoms with Gasteiger partial charge in [-0.15, -0.1) is 0 Å². The number of nitrogens with one attached hydrogen (secondary N) is 1. The monoisotopic (exact) mass is 970 g/mol. The molecule has 4 N–H and O–H groups in total. The molecule has 0 spiro atoms. The quantitative estimate of drug-likeness (QED) is 0.0361. The van der Waals surface area contributed by atoms with Crippen molar-refractivity contribution in [2.75, 3.05) is 6.61 Å². The fourth-order valence-corrected chi connectivity index (χ4v) is 9.87. The van der Waals surface area contributed by atoms with E-state index in [4.69, 9.17) is 0 Å². The molecule has 0 aromatic rings. The molecule has 1 amide bonds. The van der Waals surface area contributed by atoms with Crippen LogP contribution < -0.4 is 5.32 Å². The Kier molecular flexibility index (Phi) is 57.9. The third-order valence-electron chi connectivity index (χ3n) is 14.7. The summed E-state index contributed by atoms with van der Waals surface area (Å²) >= 11 is 0. The van der Waals surface area contributed by atoms with Crippen LogP contribution in [-0.4, -0.2) is 46.1 Å². The molecule has 5 nitrogen and oxygen atoms in total. The summed E-state index contributed by atoms with van der Waals surface area (Å²) in [5.41, 5.74) is 0. The number of amides is 1. The van der Waals surface area contributed by atoms with Crippen molar-refractivity contribution in [2.45, 2.75) is 360 Å². The van der Waals surface area contributed by atoms with Gasteiger partial charge >= 0.3 is 0 Å². The van der Waals surface area contributed by atoms with Gasteiger partial charge in [-0.25, -0.2) is 0 Å². The first-order valence-corrected chi connectivity index (χ1v) is 31.3. The maximum atomic E-state index is 12.6. The highest BCUT2D eigenvalue weighted by Gasteiger charge is 2.22. The molecule has 0 saturated heterocycles. The molecular weight excluding hydrogens is 847 g/mol. The number of aliphatic hydroxyl groups is 3. The number of allylic oxidation sites excluding steroid dienone is 5. The van der Waals surface area contributed by atoms with Crippen molar-refractivity contribution in [1.82, 2.24) is 5.32 Å². The summed E-state index contributed by atoms with van der Waals surface area (Å²) in [6.45, 7) is 4.22. The standard InChI is InChI=1S/C64H123NO4/c1-3-5-7-9-11-13-15-17-19-21-23-25-26-27-28-29-30-31-32-33-34-35-36-37-39-41-43-45-47-49-51-53-55-57-59-63(68)64(69)65-61(60-66)62(67)58-56-54-52-50-48-46-44-42-40-38-24-22-20-18-16-14-12-10-8-6-4-2/h26-27,29-30,56,58,61-63,66-68H,3-25,28,31-55,57,59-60H2,1-2H3,(H,65,69)/b27-26-,30-29-,58-56+. The average Bonchev–Trinajstić information content (AvgIpc) is 3.35. The molecule has 69 heavy (non-hydrogen) atoms. The molecule has 0 radical (unpaired) electrons. The highest BCUT2D eigenvalue weighted by atomic mass is 16.3. The van der Waals surface area contributed by atoms with Crippen LogP contribution in [0.4, 0.5) is 0 Å². The van der Waals surface area contributed by atoms with E-state index in [9.17, 15) is 20.1 Å². The van der Waals surface area contributed by atoms with Crippen LogP contribution in [0.2, 0.25) is 0 Å². The zero-order valence-corrected chi connectivity index (χ0v) is 46.7. The van der Waals surface area contributed by atoms with Crippen molar-refractivity contribution in [3.63, 3.8) is 0 Å². The van der Waals surface area contributed by atoms with Gasteiger partial charge in [0.2, 0.25) is 5.91 Å². The minimum absolute atomic E-state index is 0.361. The molecule has 408 valence electrons. The molecule has 0 aliphatic heterocycles. The largest absolute Gasteiger partial charge is 0.394 e. The van der Waals surface area contributed by atoms with E-state index in [1.807, 2.05) is 6.08 Å². The minimum Gasteiger partial charge on any atom is -0.394 e. The van der Waals surface area contributed by atoms with E-state index in [0.29, 0.717) is 6.42 Å². The lowest BCUT2D eigenvalue weighted by Gasteiger charge is -2.21. The number of rotatable bonds is 58. The first kappa shape index (κ1) is 67.6. The number of unbranched alkanes of at least 4 members (excludes halogenated alkanes) is 46. The van der Waals surface area contributed by atoms with Crippen LogP contribution in [0.1, 0.15) is 341 Å². The average molecular weight is 971 g/mol. The lowest BCUT2D eigenvalue weighted by atomic mass is 10.0. The van der Waals surface area contributed by atoms with Gasteiger partial charge in [-0.2, -0.15) is 0 Å². The van der Waals surface area contributed by atoms with Gasteiger partial charge in [-0.3, -0.25) is 4.79 Å². The molecule has 3 unspecified atom stereocenters. The number of hydrogen-bond acceptors (Lipinski definition) is 4. The summed E-state index contributed by atoms with van der Waals surface area (Å²) in [7, 11) is 0. The topological polar surface area (TPSA) is 89.8 Å². The lowest BCUT2D eigenvalue weighted by Crippen LogP contribution is -2.48. The van der Waals surface area contributed by atoms with Crippen molar-refractivity contribution in [2.24, 2.45) is 0 Å². The van der Waals surface area contributed by atoms with Crippen LogP contribution in [0.5, 0.6) is 0 Å². The molecule has 5 heteroatoms. The number of aliphatic hydroxyl groups excluding tert-OH is 3. The van der Waals surface area contributed by atoms with Gasteiger partial charge in [0, 0.05) is 0 Å². The first-order chi connectivity index (χ1) is 34.1. The third kappa shape index (κ3) is 54.2. The summed E-state index contributed by atoms with van der Waals surface area (Å²) in [6, 6.07) is -0.798. The smallest absolute Gasteiger partial charge is 0.249 e. The first-order valence-electron chi connectivity index (χ1n) is 31.3. The van der Waals surface area contributed by atoms with E-state index in [1.54, 1.807) is 6.08 Å².